The first kappa shape index (κ1) is 34.5. The van der Waals surface area contributed by atoms with Crippen molar-refractivity contribution in [3.8, 4) is 11.3 Å². The highest BCUT2D eigenvalue weighted by molar-refractivity contribution is 6.34. The summed E-state index contributed by atoms with van der Waals surface area (Å²) in [7, 11) is 1.40. The van der Waals surface area contributed by atoms with E-state index in [9.17, 15) is 32.3 Å². The second-order valence-corrected chi connectivity index (χ2v) is 13.0. The normalized spacial score (nSPS) is 18.2. The molecular weight excluding hydrogens is 659 g/mol. The number of alkyl carbamates (subject to hydrolysis) is 1. The molecule has 0 radical (unpaired) electrons. The summed E-state index contributed by atoms with van der Waals surface area (Å²) in [4.78, 5) is 58.1. The third-order valence-corrected chi connectivity index (χ3v) is 8.20. The Balaban J connectivity index is 1.10. The standard InChI is InChI=1S/C30H35ClF3N9O5/c1-29(2,3)48-28(47)39-18-11-17(12-18)38-27(46)43-9-7-42(8-10-43)26(45)19-6-5-16(13-21(19)31)37-25(44)24-35-15-22(41(24)4)20-14-36-40-23(20)30(32,33)34/h5-6,13-15,17-18H,7-12H2,1-4H3,(H,36,40)(H,37,44)(H,38,46)(H,39,47). The van der Waals surface area contributed by atoms with Gasteiger partial charge in [0.25, 0.3) is 11.8 Å². The molecule has 0 spiro atoms. The SMILES string of the molecule is Cn1c(-c2cn[nH]c2C(F)(F)F)cnc1C(=O)Nc1ccc(C(=O)N2CCN(C(=O)NC3CC(NC(=O)OC(C)(C)C)C3)CC2)c(Cl)c1. The van der Waals surface area contributed by atoms with Gasteiger partial charge in [-0.1, -0.05) is 11.6 Å². The van der Waals surface area contributed by atoms with E-state index in [0.717, 1.165) is 12.4 Å². The van der Waals surface area contributed by atoms with Crippen LogP contribution in [0, 0.1) is 0 Å². The topological polar surface area (TPSA) is 167 Å². The Morgan fingerprint density at radius 3 is 2.25 bits per heavy atom. The number of imidazole rings is 1. The lowest BCUT2D eigenvalue weighted by Gasteiger charge is -2.39. The van der Waals surface area contributed by atoms with Gasteiger partial charge in [-0.15, -0.1) is 0 Å². The number of benzene rings is 1. The fraction of sp³-hybridized carbons (Fsp3) is 0.467. The number of H-pyrrole nitrogens is 1. The van der Waals surface area contributed by atoms with E-state index in [-0.39, 0.29) is 70.5 Å². The highest BCUT2D eigenvalue weighted by Crippen LogP contribution is 2.35. The van der Waals surface area contributed by atoms with Crippen LogP contribution < -0.4 is 16.0 Å². The van der Waals surface area contributed by atoms with Crippen molar-refractivity contribution < 1.29 is 37.1 Å². The monoisotopic (exact) mass is 693 g/mol. The van der Waals surface area contributed by atoms with E-state index in [1.54, 1.807) is 30.6 Å². The molecule has 1 aromatic carbocycles. The number of urea groups is 1. The van der Waals surface area contributed by atoms with Crippen LogP contribution in [0.2, 0.25) is 5.02 Å². The lowest BCUT2D eigenvalue weighted by molar-refractivity contribution is -0.140. The maximum Gasteiger partial charge on any atom is 0.433 e. The average molecular weight is 694 g/mol. The summed E-state index contributed by atoms with van der Waals surface area (Å²) in [5.41, 5.74) is -1.44. The first-order valence-electron chi connectivity index (χ1n) is 15.1. The Morgan fingerprint density at radius 1 is 0.979 bits per heavy atom. The van der Waals surface area contributed by atoms with E-state index in [0.29, 0.717) is 25.9 Å². The van der Waals surface area contributed by atoms with Crippen LogP contribution in [0.3, 0.4) is 0 Å². The number of nitrogens with zero attached hydrogens (tertiary/aromatic N) is 5. The van der Waals surface area contributed by atoms with Crippen molar-refractivity contribution in [2.75, 3.05) is 31.5 Å². The van der Waals surface area contributed by atoms with Gasteiger partial charge in [-0.25, -0.2) is 14.6 Å². The van der Waals surface area contributed by atoms with Gasteiger partial charge in [-0.05, 0) is 51.8 Å². The second-order valence-electron chi connectivity index (χ2n) is 12.6. The van der Waals surface area contributed by atoms with Crippen LogP contribution in [-0.2, 0) is 18.0 Å². The number of aromatic nitrogens is 4. The number of hydrogen-bond donors (Lipinski definition) is 4. The zero-order valence-corrected chi connectivity index (χ0v) is 27.3. The smallest absolute Gasteiger partial charge is 0.433 e. The van der Waals surface area contributed by atoms with Crippen LogP contribution in [0.5, 0.6) is 0 Å². The van der Waals surface area contributed by atoms with Crippen LogP contribution in [-0.4, -0.2) is 97.4 Å². The zero-order valence-electron chi connectivity index (χ0n) is 26.6. The average Bonchev–Trinajstić information content (AvgIpc) is 3.61. The van der Waals surface area contributed by atoms with Gasteiger partial charge in [0, 0.05) is 51.0 Å². The van der Waals surface area contributed by atoms with Crippen LogP contribution in [0.1, 0.15) is 60.3 Å². The third-order valence-electron chi connectivity index (χ3n) is 7.89. The van der Waals surface area contributed by atoms with Gasteiger partial charge >= 0.3 is 18.3 Å². The van der Waals surface area contributed by atoms with E-state index in [1.165, 1.54) is 29.8 Å². The first-order valence-corrected chi connectivity index (χ1v) is 15.5. The molecule has 18 heteroatoms. The molecule has 1 aliphatic carbocycles. The molecule has 1 aliphatic heterocycles. The predicted molar refractivity (Wildman–Crippen MR) is 167 cm³/mol. The summed E-state index contributed by atoms with van der Waals surface area (Å²) < 4.78 is 46.4. The number of nitrogens with one attached hydrogen (secondary N) is 4. The molecule has 5 rings (SSSR count). The van der Waals surface area contributed by atoms with Crippen molar-refractivity contribution in [2.24, 2.45) is 7.05 Å². The van der Waals surface area contributed by atoms with Crippen LogP contribution in [0.4, 0.5) is 28.4 Å². The number of aromatic amines is 1. The largest absolute Gasteiger partial charge is 0.444 e. The molecule has 3 aromatic rings. The first-order chi connectivity index (χ1) is 22.5. The molecule has 2 aliphatic rings. The van der Waals surface area contributed by atoms with Gasteiger partial charge in [0.05, 0.1) is 34.2 Å². The van der Waals surface area contributed by atoms with Crippen LogP contribution in [0.15, 0.2) is 30.6 Å². The van der Waals surface area contributed by atoms with Gasteiger partial charge < -0.3 is 35.1 Å². The molecule has 2 fully saturated rings. The summed E-state index contributed by atoms with van der Waals surface area (Å²) in [6, 6.07) is 3.94. The third kappa shape index (κ3) is 7.83. The Hall–Kier alpha value is -4.80. The summed E-state index contributed by atoms with van der Waals surface area (Å²) in [5.74, 6) is -1.21. The van der Waals surface area contributed by atoms with Crippen LogP contribution in [0.25, 0.3) is 11.3 Å². The zero-order chi connectivity index (χ0) is 35.0. The highest BCUT2D eigenvalue weighted by Gasteiger charge is 2.37. The summed E-state index contributed by atoms with van der Waals surface area (Å²) in [6.45, 7) is 6.53. The number of carbonyl (C=O) groups is 4. The minimum atomic E-state index is -4.68. The maximum absolute atomic E-state index is 13.3. The molecule has 14 nitrogen and oxygen atoms in total. The predicted octanol–water partition coefficient (Wildman–Crippen LogP) is 4.26. The van der Waals surface area contributed by atoms with Crippen molar-refractivity contribution in [2.45, 2.75) is 57.5 Å². The molecule has 1 saturated carbocycles. The number of rotatable bonds is 6. The fourth-order valence-electron chi connectivity index (χ4n) is 5.40. The summed E-state index contributed by atoms with van der Waals surface area (Å²) in [6.07, 6.45) is -1.84. The summed E-state index contributed by atoms with van der Waals surface area (Å²) >= 11 is 6.42. The van der Waals surface area contributed by atoms with Crippen molar-refractivity contribution in [1.82, 2.24) is 40.2 Å². The van der Waals surface area contributed by atoms with E-state index in [2.05, 4.69) is 26.0 Å². The molecular formula is C30H35ClF3N9O5. The van der Waals surface area contributed by atoms with E-state index in [1.807, 2.05) is 5.10 Å². The lowest BCUT2D eigenvalue weighted by Crippen LogP contribution is -2.59. The quantitative estimate of drug-likeness (QED) is 0.299. The number of alkyl halides is 3. The minimum Gasteiger partial charge on any atom is -0.444 e. The van der Waals surface area contributed by atoms with Gasteiger partial charge in [0.2, 0.25) is 0 Å². The molecule has 4 N–H and O–H groups in total. The number of piperazine rings is 1. The number of hydrogen-bond acceptors (Lipinski definition) is 7. The van der Waals surface area contributed by atoms with Gasteiger partial charge in [-0.3, -0.25) is 14.7 Å². The fourth-order valence-corrected chi connectivity index (χ4v) is 5.66. The highest BCUT2D eigenvalue weighted by atomic mass is 35.5. The number of amides is 5. The van der Waals surface area contributed by atoms with Gasteiger partial charge in [0.15, 0.2) is 5.82 Å². The van der Waals surface area contributed by atoms with Gasteiger partial charge in [-0.2, -0.15) is 18.3 Å². The minimum absolute atomic E-state index is 0.0297. The molecule has 0 atom stereocenters. The number of anilines is 1. The van der Waals surface area contributed by atoms with Crippen LogP contribution >= 0.6 is 11.6 Å². The van der Waals surface area contributed by atoms with Crippen molar-refractivity contribution in [3.05, 3.63) is 52.7 Å². The van der Waals surface area contributed by atoms with Gasteiger partial charge in [0.1, 0.15) is 11.3 Å². The molecule has 5 amide bonds. The molecule has 2 aromatic heterocycles. The van der Waals surface area contributed by atoms with E-state index in [4.69, 9.17) is 16.3 Å². The molecule has 0 unspecified atom stereocenters. The molecule has 1 saturated heterocycles. The summed E-state index contributed by atoms with van der Waals surface area (Å²) in [5, 5.41) is 13.8. The number of carbonyl (C=O) groups excluding carboxylic acids is 4. The molecule has 48 heavy (non-hydrogen) atoms. The number of ether oxygens (including phenoxy) is 1. The van der Waals surface area contributed by atoms with E-state index >= 15 is 0 Å². The Bertz CT molecular complexity index is 1700. The maximum atomic E-state index is 13.3. The van der Waals surface area contributed by atoms with E-state index < -0.39 is 29.5 Å². The molecule has 0 bridgehead atoms. The van der Waals surface area contributed by atoms with Crippen molar-refractivity contribution in [3.63, 3.8) is 0 Å². The molecule has 3 heterocycles. The Labute approximate surface area is 278 Å². The lowest BCUT2D eigenvalue weighted by atomic mass is 9.87. The number of halogens is 4. The van der Waals surface area contributed by atoms with Crippen molar-refractivity contribution >= 4 is 41.2 Å². The molecule has 258 valence electrons. The second kappa shape index (κ2) is 13.4. The Kier molecular flexibility index (Phi) is 9.62. The van der Waals surface area contributed by atoms with Crippen molar-refractivity contribution in [1.29, 1.82) is 0 Å². The Morgan fingerprint density at radius 2 is 1.62 bits per heavy atom.